The molecule has 0 spiro atoms. The molecule has 2 heterocycles. The quantitative estimate of drug-likeness (QED) is 0.662. The molecule has 0 bridgehead atoms. The van der Waals surface area contributed by atoms with Crippen molar-refractivity contribution in [2.24, 2.45) is 7.05 Å². The summed E-state index contributed by atoms with van der Waals surface area (Å²) in [6.07, 6.45) is 5.58. The zero-order valence-electron chi connectivity index (χ0n) is 12.3. The van der Waals surface area contributed by atoms with E-state index in [0.29, 0.717) is 5.16 Å². The maximum Gasteiger partial charge on any atom is 0.231 e. The van der Waals surface area contributed by atoms with Crippen LogP contribution in [0.2, 0.25) is 0 Å². The van der Waals surface area contributed by atoms with Crippen molar-refractivity contribution < 1.29 is 8.42 Å². The van der Waals surface area contributed by atoms with Gasteiger partial charge in [-0.25, -0.2) is 18.4 Å². The van der Waals surface area contributed by atoms with Gasteiger partial charge in [0.2, 0.25) is 10.0 Å². The first kappa shape index (κ1) is 15.8. The molecular formula is C12H17N5O2S2. The third kappa shape index (κ3) is 3.73. The van der Waals surface area contributed by atoms with Gasteiger partial charge in [0.1, 0.15) is 0 Å². The van der Waals surface area contributed by atoms with Crippen molar-refractivity contribution in [1.82, 2.24) is 19.7 Å². The maximum atomic E-state index is 11.3. The van der Waals surface area contributed by atoms with Crippen LogP contribution in [0.3, 0.4) is 0 Å². The van der Waals surface area contributed by atoms with Crippen molar-refractivity contribution in [3.63, 3.8) is 0 Å². The summed E-state index contributed by atoms with van der Waals surface area (Å²) in [5.74, 6) is 0.279. The molecule has 2 rings (SSSR count). The SMILES string of the molecule is CCc1cnc(SC)nc1-c1cc(NS(C)(=O)=O)nn1C. The van der Waals surface area contributed by atoms with Gasteiger partial charge in [0.25, 0.3) is 0 Å². The number of aryl methyl sites for hydroxylation is 2. The van der Waals surface area contributed by atoms with Gasteiger partial charge in [-0.15, -0.1) is 0 Å². The molecule has 114 valence electrons. The fourth-order valence-electron chi connectivity index (χ4n) is 1.90. The Hall–Kier alpha value is -1.61. The smallest absolute Gasteiger partial charge is 0.231 e. The molecule has 9 heteroatoms. The molecular weight excluding hydrogens is 310 g/mol. The first-order valence-electron chi connectivity index (χ1n) is 6.26. The molecule has 0 radical (unpaired) electrons. The minimum atomic E-state index is -3.35. The third-order valence-electron chi connectivity index (χ3n) is 2.82. The maximum absolute atomic E-state index is 11.3. The van der Waals surface area contributed by atoms with Gasteiger partial charge < -0.3 is 0 Å². The van der Waals surface area contributed by atoms with Gasteiger partial charge in [0, 0.05) is 19.3 Å². The van der Waals surface area contributed by atoms with Gasteiger partial charge in [0.05, 0.1) is 17.6 Å². The molecule has 1 N–H and O–H groups in total. The number of nitrogens with one attached hydrogen (secondary N) is 1. The molecule has 21 heavy (non-hydrogen) atoms. The van der Waals surface area contributed by atoms with E-state index in [-0.39, 0.29) is 5.82 Å². The summed E-state index contributed by atoms with van der Waals surface area (Å²) >= 11 is 1.46. The number of rotatable bonds is 5. The van der Waals surface area contributed by atoms with Crippen LogP contribution in [0.15, 0.2) is 17.4 Å². The van der Waals surface area contributed by atoms with Crippen molar-refractivity contribution in [1.29, 1.82) is 0 Å². The highest BCUT2D eigenvalue weighted by atomic mass is 32.2. The summed E-state index contributed by atoms with van der Waals surface area (Å²) in [6, 6.07) is 1.67. The number of hydrogen-bond acceptors (Lipinski definition) is 6. The number of hydrogen-bond donors (Lipinski definition) is 1. The van der Waals surface area contributed by atoms with Gasteiger partial charge in [-0.1, -0.05) is 18.7 Å². The molecule has 0 fully saturated rings. The summed E-state index contributed by atoms with van der Waals surface area (Å²) in [4.78, 5) is 8.78. The van der Waals surface area contributed by atoms with Gasteiger partial charge in [-0.2, -0.15) is 5.10 Å². The molecule has 2 aromatic heterocycles. The van der Waals surface area contributed by atoms with Gasteiger partial charge in [-0.3, -0.25) is 9.40 Å². The largest absolute Gasteiger partial charge is 0.266 e. The molecule has 0 aliphatic heterocycles. The molecule has 2 aromatic rings. The van der Waals surface area contributed by atoms with Gasteiger partial charge >= 0.3 is 0 Å². The van der Waals surface area contributed by atoms with Crippen LogP contribution in [-0.4, -0.2) is 40.7 Å². The first-order valence-corrected chi connectivity index (χ1v) is 9.37. The monoisotopic (exact) mass is 327 g/mol. The van der Waals surface area contributed by atoms with E-state index in [2.05, 4.69) is 19.8 Å². The number of nitrogens with zero attached hydrogens (tertiary/aromatic N) is 4. The highest BCUT2D eigenvalue weighted by Crippen LogP contribution is 2.25. The van der Waals surface area contributed by atoms with Crippen LogP contribution in [0.4, 0.5) is 5.82 Å². The van der Waals surface area contributed by atoms with Crippen LogP contribution >= 0.6 is 11.8 Å². The fraction of sp³-hybridized carbons (Fsp3) is 0.417. The van der Waals surface area contributed by atoms with E-state index in [1.807, 2.05) is 13.2 Å². The topological polar surface area (TPSA) is 89.8 Å². The molecule has 0 aliphatic rings. The molecule has 0 atom stereocenters. The van der Waals surface area contributed by atoms with Crippen LogP contribution in [0.25, 0.3) is 11.4 Å². The van der Waals surface area contributed by atoms with E-state index in [1.54, 1.807) is 24.0 Å². The second kappa shape index (κ2) is 6.02. The lowest BCUT2D eigenvalue weighted by Gasteiger charge is -2.07. The Morgan fingerprint density at radius 1 is 1.43 bits per heavy atom. The van der Waals surface area contributed by atoms with Crippen LogP contribution in [0, 0.1) is 0 Å². The summed E-state index contributed by atoms with van der Waals surface area (Å²) in [5, 5.41) is 4.83. The lowest BCUT2D eigenvalue weighted by atomic mass is 10.1. The summed E-state index contributed by atoms with van der Waals surface area (Å²) in [5.41, 5.74) is 2.51. The average molecular weight is 327 g/mol. The lowest BCUT2D eigenvalue weighted by molar-refractivity contribution is 0.606. The van der Waals surface area contributed by atoms with Gasteiger partial charge in [0.15, 0.2) is 11.0 Å². The lowest BCUT2D eigenvalue weighted by Crippen LogP contribution is -2.10. The Kier molecular flexibility index (Phi) is 4.52. The minimum Gasteiger partial charge on any atom is -0.266 e. The Bertz CT molecular complexity index is 755. The van der Waals surface area contributed by atoms with Gasteiger partial charge in [-0.05, 0) is 18.2 Å². The predicted molar refractivity (Wildman–Crippen MR) is 83.9 cm³/mol. The average Bonchev–Trinajstić information content (AvgIpc) is 2.76. The normalized spacial score (nSPS) is 11.6. The van der Waals surface area contributed by atoms with E-state index in [4.69, 9.17) is 0 Å². The minimum absolute atomic E-state index is 0.279. The van der Waals surface area contributed by atoms with Crippen molar-refractivity contribution in [3.8, 4) is 11.4 Å². The van der Waals surface area contributed by atoms with Crippen molar-refractivity contribution in [3.05, 3.63) is 17.8 Å². The molecule has 0 saturated heterocycles. The van der Waals surface area contributed by atoms with Crippen molar-refractivity contribution >= 4 is 27.6 Å². The fourth-order valence-corrected chi connectivity index (χ4v) is 2.72. The molecule has 0 aliphatic carbocycles. The predicted octanol–water partition coefficient (Wildman–Crippen LogP) is 1.53. The molecule has 0 saturated carbocycles. The first-order chi connectivity index (χ1) is 9.84. The Morgan fingerprint density at radius 2 is 2.14 bits per heavy atom. The van der Waals surface area contributed by atoms with Crippen molar-refractivity contribution in [2.75, 3.05) is 17.2 Å². The number of anilines is 1. The second-order valence-corrected chi connectivity index (χ2v) is 7.02. The van der Waals surface area contributed by atoms with E-state index in [0.717, 1.165) is 29.6 Å². The van der Waals surface area contributed by atoms with E-state index in [9.17, 15) is 8.42 Å². The molecule has 0 unspecified atom stereocenters. The Balaban J connectivity index is 2.51. The summed E-state index contributed by atoms with van der Waals surface area (Å²) in [6.45, 7) is 2.02. The molecule has 7 nitrogen and oxygen atoms in total. The van der Waals surface area contributed by atoms with E-state index < -0.39 is 10.0 Å². The summed E-state index contributed by atoms with van der Waals surface area (Å²) in [7, 11) is -1.60. The van der Waals surface area contributed by atoms with Crippen molar-refractivity contribution in [2.45, 2.75) is 18.5 Å². The highest BCUT2D eigenvalue weighted by Gasteiger charge is 2.15. The third-order valence-corrected chi connectivity index (χ3v) is 3.96. The zero-order valence-corrected chi connectivity index (χ0v) is 13.9. The van der Waals surface area contributed by atoms with E-state index in [1.165, 1.54) is 11.8 Å². The second-order valence-electron chi connectivity index (χ2n) is 4.50. The Labute approximate surface area is 128 Å². The molecule has 0 amide bonds. The van der Waals surface area contributed by atoms with Crippen LogP contribution in [0.5, 0.6) is 0 Å². The highest BCUT2D eigenvalue weighted by molar-refractivity contribution is 7.98. The van der Waals surface area contributed by atoms with E-state index >= 15 is 0 Å². The number of aromatic nitrogens is 4. The summed E-state index contributed by atoms with van der Waals surface area (Å²) < 4.78 is 26.6. The van der Waals surface area contributed by atoms with Crippen LogP contribution < -0.4 is 4.72 Å². The Morgan fingerprint density at radius 3 is 2.71 bits per heavy atom. The zero-order chi connectivity index (χ0) is 15.6. The molecule has 0 aromatic carbocycles. The number of thioether (sulfide) groups is 1. The van der Waals surface area contributed by atoms with Crippen LogP contribution in [-0.2, 0) is 23.5 Å². The number of sulfonamides is 1. The standard InChI is InChI=1S/C12H17N5O2S2/c1-5-8-7-13-12(20-3)14-11(8)9-6-10(15-17(9)2)16-21(4,18)19/h6-7H,5H2,1-4H3,(H,15,16). The van der Waals surface area contributed by atoms with Crippen LogP contribution in [0.1, 0.15) is 12.5 Å².